The Kier molecular flexibility index (Phi) is 4.94. The SMILES string of the molecule is Cl.N[C@H](c1ccc(O)c(O)c1O)C(F)(F)CO. The van der Waals surface area contributed by atoms with Crippen LogP contribution in [0.5, 0.6) is 17.2 Å². The summed E-state index contributed by atoms with van der Waals surface area (Å²) in [5, 5.41) is 35.8. The Bertz CT molecular complexity index is 403. The van der Waals surface area contributed by atoms with Crippen molar-refractivity contribution in [2.75, 3.05) is 6.61 Å². The molecule has 5 nitrogen and oxygen atoms in total. The van der Waals surface area contributed by atoms with Crippen LogP contribution in [0.25, 0.3) is 0 Å². The number of alkyl halides is 2. The molecule has 0 aromatic heterocycles. The highest BCUT2D eigenvalue weighted by atomic mass is 35.5. The molecule has 0 aliphatic rings. The average molecular weight is 272 g/mol. The molecule has 0 saturated carbocycles. The van der Waals surface area contributed by atoms with E-state index in [1.54, 1.807) is 0 Å². The topological polar surface area (TPSA) is 107 Å². The van der Waals surface area contributed by atoms with Crippen molar-refractivity contribution in [2.24, 2.45) is 5.73 Å². The van der Waals surface area contributed by atoms with Crippen LogP contribution < -0.4 is 5.73 Å². The summed E-state index contributed by atoms with van der Waals surface area (Å²) in [5.41, 5.74) is 4.68. The molecule has 0 bridgehead atoms. The first-order chi connectivity index (χ1) is 7.31. The Morgan fingerprint density at radius 3 is 2.18 bits per heavy atom. The molecule has 1 aromatic rings. The number of hydrogen-bond donors (Lipinski definition) is 5. The van der Waals surface area contributed by atoms with Crippen molar-refractivity contribution in [3.8, 4) is 17.2 Å². The van der Waals surface area contributed by atoms with Crippen LogP contribution >= 0.6 is 12.4 Å². The molecule has 0 heterocycles. The third kappa shape index (κ3) is 2.87. The van der Waals surface area contributed by atoms with E-state index >= 15 is 0 Å². The number of phenols is 3. The van der Waals surface area contributed by atoms with E-state index in [0.29, 0.717) is 0 Å². The number of nitrogens with two attached hydrogens (primary N) is 1. The van der Waals surface area contributed by atoms with Gasteiger partial charge in [-0.2, -0.15) is 0 Å². The minimum absolute atomic E-state index is 0. The van der Waals surface area contributed by atoms with Crippen molar-refractivity contribution < 1.29 is 29.2 Å². The highest BCUT2D eigenvalue weighted by molar-refractivity contribution is 5.85. The summed E-state index contributed by atoms with van der Waals surface area (Å²) in [6.07, 6.45) is 0. The maximum absolute atomic E-state index is 13.0. The Balaban J connectivity index is 0.00000256. The van der Waals surface area contributed by atoms with Gasteiger partial charge in [0, 0.05) is 5.56 Å². The lowest BCUT2D eigenvalue weighted by molar-refractivity contribution is -0.0716. The summed E-state index contributed by atoms with van der Waals surface area (Å²) in [6, 6.07) is -0.125. The highest BCUT2D eigenvalue weighted by Gasteiger charge is 2.39. The second-order valence-corrected chi connectivity index (χ2v) is 3.27. The van der Waals surface area contributed by atoms with Crippen molar-refractivity contribution in [1.29, 1.82) is 0 Å². The van der Waals surface area contributed by atoms with Gasteiger partial charge in [-0.1, -0.05) is 0 Å². The van der Waals surface area contributed by atoms with E-state index in [1.807, 2.05) is 0 Å². The van der Waals surface area contributed by atoms with Crippen molar-refractivity contribution in [2.45, 2.75) is 12.0 Å². The summed E-state index contributed by atoms with van der Waals surface area (Å²) in [4.78, 5) is 0. The summed E-state index contributed by atoms with van der Waals surface area (Å²) in [5.74, 6) is -6.15. The quantitative estimate of drug-likeness (QED) is 0.524. The third-order valence-electron chi connectivity index (χ3n) is 2.16. The van der Waals surface area contributed by atoms with Crippen LogP contribution in [0, 0.1) is 0 Å². The highest BCUT2D eigenvalue weighted by Crippen LogP contribution is 2.42. The molecule has 1 atom stereocenters. The smallest absolute Gasteiger partial charge is 0.289 e. The Hall–Kier alpha value is -1.31. The van der Waals surface area contributed by atoms with Crippen LogP contribution in [0.15, 0.2) is 12.1 Å². The van der Waals surface area contributed by atoms with E-state index < -0.39 is 41.4 Å². The van der Waals surface area contributed by atoms with Gasteiger partial charge in [-0.3, -0.25) is 0 Å². The van der Waals surface area contributed by atoms with Gasteiger partial charge in [0.1, 0.15) is 12.6 Å². The molecule has 98 valence electrons. The van der Waals surface area contributed by atoms with E-state index in [-0.39, 0.29) is 12.4 Å². The lowest BCUT2D eigenvalue weighted by Gasteiger charge is -2.22. The minimum Gasteiger partial charge on any atom is -0.504 e. The lowest BCUT2D eigenvalue weighted by atomic mass is 10.00. The summed E-state index contributed by atoms with van der Waals surface area (Å²) in [6.45, 7) is -1.49. The largest absolute Gasteiger partial charge is 0.504 e. The molecule has 0 saturated heterocycles. The maximum Gasteiger partial charge on any atom is 0.289 e. The first-order valence-corrected chi connectivity index (χ1v) is 4.29. The normalized spacial score (nSPS) is 12.9. The molecule has 1 rings (SSSR count). The fraction of sp³-hybridized carbons (Fsp3) is 0.333. The van der Waals surface area contributed by atoms with Crippen molar-refractivity contribution in [1.82, 2.24) is 0 Å². The lowest BCUT2D eigenvalue weighted by Crippen LogP contribution is -2.36. The van der Waals surface area contributed by atoms with Crippen molar-refractivity contribution in [3.63, 3.8) is 0 Å². The molecule has 0 spiro atoms. The van der Waals surface area contributed by atoms with Crippen molar-refractivity contribution >= 4 is 12.4 Å². The van der Waals surface area contributed by atoms with Crippen LogP contribution in [0.1, 0.15) is 11.6 Å². The third-order valence-corrected chi connectivity index (χ3v) is 2.16. The average Bonchev–Trinajstić information content (AvgIpc) is 2.25. The molecule has 8 heteroatoms. The molecule has 0 aliphatic carbocycles. The zero-order valence-corrected chi connectivity index (χ0v) is 9.29. The van der Waals surface area contributed by atoms with Gasteiger partial charge in [0.15, 0.2) is 11.5 Å². The predicted octanol–water partition coefficient (Wildman–Crippen LogP) is 0.853. The van der Waals surface area contributed by atoms with Gasteiger partial charge in [0.25, 0.3) is 5.92 Å². The minimum atomic E-state index is -3.64. The second kappa shape index (κ2) is 5.35. The first-order valence-electron chi connectivity index (χ1n) is 4.29. The molecule has 0 amide bonds. The number of phenolic OH excluding ortho intramolecular Hbond substituents is 3. The number of aliphatic hydroxyl groups is 1. The van der Waals surface area contributed by atoms with Gasteiger partial charge in [0.2, 0.25) is 5.75 Å². The zero-order chi connectivity index (χ0) is 12.5. The summed E-state index contributed by atoms with van der Waals surface area (Å²) >= 11 is 0. The van der Waals surface area contributed by atoms with Crippen molar-refractivity contribution in [3.05, 3.63) is 17.7 Å². The summed E-state index contributed by atoms with van der Waals surface area (Å²) in [7, 11) is 0. The fourth-order valence-electron chi connectivity index (χ4n) is 1.16. The van der Waals surface area contributed by atoms with E-state index in [1.165, 1.54) is 0 Å². The number of halogens is 3. The molecule has 17 heavy (non-hydrogen) atoms. The fourth-order valence-corrected chi connectivity index (χ4v) is 1.16. The van der Waals surface area contributed by atoms with Crippen LogP contribution in [0.4, 0.5) is 8.78 Å². The van der Waals surface area contributed by atoms with Crippen LogP contribution in [0.2, 0.25) is 0 Å². The van der Waals surface area contributed by atoms with E-state index in [0.717, 1.165) is 12.1 Å². The standard InChI is InChI=1S/C9H11F2NO4.ClH/c10-9(11,3-13)8(12)4-1-2-5(14)7(16)6(4)15;/h1-2,8,13-16H,3,12H2;1H/t8-;/m1./s1. The van der Waals surface area contributed by atoms with Gasteiger partial charge in [0.05, 0.1) is 0 Å². The number of hydrogen-bond acceptors (Lipinski definition) is 5. The van der Waals surface area contributed by atoms with Crippen LogP contribution in [-0.2, 0) is 0 Å². The molecule has 0 unspecified atom stereocenters. The van der Waals surface area contributed by atoms with E-state index in [2.05, 4.69) is 0 Å². The Morgan fingerprint density at radius 2 is 1.71 bits per heavy atom. The summed E-state index contributed by atoms with van der Waals surface area (Å²) < 4.78 is 26.0. The van der Waals surface area contributed by atoms with Gasteiger partial charge in [-0.05, 0) is 12.1 Å². The molecular formula is C9H12ClF2NO4. The molecule has 1 aromatic carbocycles. The Morgan fingerprint density at radius 1 is 1.18 bits per heavy atom. The second-order valence-electron chi connectivity index (χ2n) is 3.27. The number of benzene rings is 1. The molecule has 0 radical (unpaired) electrons. The molecule has 0 aliphatic heterocycles. The monoisotopic (exact) mass is 271 g/mol. The van der Waals surface area contributed by atoms with Crippen LogP contribution in [-0.4, -0.2) is 33.0 Å². The van der Waals surface area contributed by atoms with E-state index in [4.69, 9.17) is 21.1 Å². The van der Waals surface area contributed by atoms with Gasteiger partial charge in [-0.25, -0.2) is 8.78 Å². The molecular weight excluding hydrogens is 260 g/mol. The number of rotatable bonds is 3. The first kappa shape index (κ1) is 15.7. The predicted molar refractivity (Wildman–Crippen MR) is 57.6 cm³/mol. The van der Waals surface area contributed by atoms with Gasteiger partial charge in [-0.15, -0.1) is 12.4 Å². The molecule has 0 fully saturated rings. The molecule has 6 N–H and O–H groups in total. The number of aliphatic hydroxyl groups excluding tert-OH is 1. The number of aromatic hydroxyl groups is 3. The Labute approximate surface area is 102 Å². The maximum atomic E-state index is 13.0. The van der Waals surface area contributed by atoms with Gasteiger partial charge < -0.3 is 26.2 Å². The van der Waals surface area contributed by atoms with E-state index in [9.17, 15) is 13.9 Å². The zero-order valence-electron chi connectivity index (χ0n) is 8.47. The van der Waals surface area contributed by atoms with Crippen LogP contribution in [0.3, 0.4) is 0 Å². The van der Waals surface area contributed by atoms with Gasteiger partial charge >= 0.3 is 0 Å².